The van der Waals surface area contributed by atoms with Gasteiger partial charge in [-0.25, -0.2) is 4.57 Å². The van der Waals surface area contributed by atoms with Gasteiger partial charge >= 0.3 is 6.18 Å². The fraction of sp³-hybridized carbons (Fsp3) is 0.242. The first-order chi connectivity index (χ1) is 18.4. The molecule has 3 aromatic heterocycles. The van der Waals surface area contributed by atoms with Crippen LogP contribution >= 0.6 is 0 Å². The molecule has 1 aliphatic rings. The maximum absolute atomic E-state index is 14.7. The molecule has 3 heterocycles. The second-order valence-electron chi connectivity index (χ2n) is 11.0. The van der Waals surface area contributed by atoms with E-state index in [9.17, 15) is 13.2 Å². The maximum atomic E-state index is 14.7. The van der Waals surface area contributed by atoms with Gasteiger partial charge in [0.25, 0.3) is 0 Å². The van der Waals surface area contributed by atoms with Crippen molar-refractivity contribution in [1.29, 1.82) is 0 Å². The van der Waals surface area contributed by atoms with Crippen LogP contribution in [0.3, 0.4) is 0 Å². The number of benzene rings is 4. The van der Waals surface area contributed by atoms with E-state index in [0.29, 0.717) is 27.6 Å². The molecule has 0 atom stereocenters. The summed E-state index contributed by atoms with van der Waals surface area (Å²) < 4.78 is 48.3. The molecule has 5 heteroatoms. The summed E-state index contributed by atoms with van der Waals surface area (Å²) in [6.07, 6.45) is 2.02. The van der Waals surface area contributed by atoms with Crippen molar-refractivity contribution >= 4 is 59.8 Å². The first kappa shape index (κ1) is 22.2. The molecule has 188 valence electrons. The average molecular weight is 508 g/mol. The maximum Gasteiger partial charge on any atom is 0.417 e. The predicted molar refractivity (Wildman–Crippen MR) is 148 cm³/mol. The lowest BCUT2D eigenvalue weighted by atomic mass is 9.85. The van der Waals surface area contributed by atoms with Gasteiger partial charge in [0.15, 0.2) is 6.20 Å². The fourth-order valence-corrected chi connectivity index (χ4v) is 7.54. The molecule has 0 bridgehead atoms. The lowest BCUT2D eigenvalue weighted by Crippen LogP contribution is -2.29. The highest BCUT2D eigenvalue weighted by Crippen LogP contribution is 2.50. The van der Waals surface area contributed by atoms with E-state index in [2.05, 4.69) is 40.2 Å². The Morgan fingerprint density at radius 3 is 2.24 bits per heavy atom. The smallest absolute Gasteiger partial charge is 0.307 e. The number of rotatable bonds is 1. The molecular formula is C33H26F3N2+. The lowest BCUT2D eigenvalue weighted by Gasteiger charge is -2.22. The molecule has 1 saturated carbocycles. The standard InChI is InChI=1S/C33H26F3N2/c1-18-21-11-5-6-12-22(21)27(19-9-3-4-10-19)31-26(18)30-28-20(15-16-37(30)2)17-24(33(34,35)36)29-23-13-7-8-14-25(23)38(31)32(28)29/h5-8,11-17,19H,3-4,9-10H2,1-2H3/q+1. The van der Waals surface area contributed by atoms with Crippen LogP contribution in [0, 0.1) is 6.92 Å². The van der Waals surface area contributed by atoms with Crippen LogP contribution in [0.15, 0.2) is 66.9 Å². The van der Waals surface area contributed by atoms with Gasteiger partial charge in [0.1, 0.15) is 7.05 Å². The molecular weight excluding hydrogens is 481 g/mol. The molecule has 0 saturated heterocycles. The number of hydrogen-bond donors (Lipinski definition) is 0. The fourth-order valence-electron chi connectivity index (χ4n) is 7.54. The summed E-state index contributed by atoms with van der Waals surface area (Å²) in [5.74, 6) is 0.377. The molecule has 1 aliphatic carbocycles. The highest BCUT2D eigenvalue weighted by atomic mass is 19.4. The Balaban J connectivity index is 1.82. The van der Waals surface area contributed by atoms with E-state index in [1.165, 1.54) is 40.8 Å². The van der Waals surface area contributed by atoms with Gasteiger partial charge < -0.3 is 4.40 Å². The van der Waals surface area contributed by atoms with E-state index in [1.54, 1.807) is 0 Å². The minimum Gasteiger partial charge on any atom is -0.307 e. The van der Waals surface area contributed by atoms with E-state index in [-0.39, 0.29) is 0 Å². The minimum absolute atomic E-state index is 0.307. The Labute approximate surface area is 217 Å². The second kappa shape index (κ2) is 7.37. The Hall–Kier alpha value is -3.86. The summed E-state index contributed by atoms with van der Waals surface area (Å²) in [6.45, 7) is 2.18. The van der Waals surface area contributed by atoms with Crippen LogP contribution in [0.1, 0.15) is 48.3 Å². The molecule has 0 N–H and O–H groups in total. The molecule has 0 aliphatic heterocycles. The first-order valence-electron chi connectivity index (χ1n) is 13.4. The Kier molecular flexibility index (Phi) is 4.30. The van der Waals surface area contributed by atoms with Gasteiger partial charge in [-0.05, 0) is 65.1 Å². The third kappa shape index (κ3) is 2.67. The molecule has 38 heavy (non-hydrogen) atoms. The summed E-state index contributed by atoms with van der Waals surface area (Å²) in [4.78, 5) is 0. The van der Waals surface area contributed by atoms with Crippen LogP contribution in [-0.4, -0.2) is 4.40 Å². The van der Waals surface area contributed by atoms with Gasteiger partial charge in [-0.3, -0.25) is 0 Å². The highest BCUT2D eigenvalue weighted by molar-refractivity contribution is 6.29. The summed E-state index contributed by atoms with van der Waals surface area (Å²) in [6, 6.07) is 19.4. The minimum atomic E-state index is -4.46. The predicted octanol–water partition coefficient (Wildman–Crippen LogP) is 8.95. The number of nitrogens with zero attached hydrogens (tertiary/aromatic N) is 2. The van der Waals surface area contributed by atoms with Gasteiger partial charge in [-0.1, -0.05) is 55.3 Å². The summed E-state index contributed by atoms with van der Waals surface area (Å²) in [5.41, 5.74) is 5.52. The van der Waals surface area contributed by atoms with E-state index >= 15 is 0 Å². The molecule has 0 amide bonds. The molecule has 4 aromatic carbocycles. The van der Waals surface area contributed by atoms with Crippen molar-refractivity contribution < 1.29 is 17.7 Å². The van der Waals surface area contributed by atoms with Crippen LogP contribution in [0.2, 0.25) is 0 Å². The molecule has 0 radical (unpaired) electrons. The third-order valence-corrected chi connectivity index (χ3v) is 9.05. The quantitative estimate of drug-likeness (QED) is 0.119. The van der Waals surface area contributed by atoms with Gasteiger partial charge in [0.2, 0.25) is 5.52 Å². The summed E-state index contributed by atoms with van der Waals surface area (Å²) in [5, 5.41) is 6.10. The summed E-state index contributed by atoms with van der Waals surface area (Å²) in [7, 11) is 2.02. The van der Waals surface area contributed by atoms with Crippen molar-refractivity contribution in [2.24, 2.45) is 7.05 Å². The SMILES string of the molecule is Cc1c2ccccc2c(C2CCCC2)c2c1c1c3c(cc[n+]1C)cc(C(F)(F)F)c1c4ccccc4n2c13. The van der Waals surface area contributed by atoms with Crippen molar-refractivity contribution in [1.82, 2.24) is 4.40 Å². The topological polar surface area (TPSA) is 8.29 Å². The number of hydrogen-bond acceptors (Lipinski definition) is 0. The van der Waals surface area contributed by atoms with Gasteiger partial charge in [0, 0.05) is 16.8 Å². The number of para-hydroxylation sites is 1. The van der Waals surface area contributed by atoms with E-state index < -0.39 is 11.7 Å². The average Bonchev–Trinajstić information content (AvgIpc) is 3.55. The number of fused-ring (bicyclic) bond motifs is 7. The molecule has 7 aromatic rings. The van der Waals surface area contributed by atoms with Crippen LogP contribution in [0.5, 0.6) is 0 Å². The molecule has 2 nitrogen and oxygen atoms in total. The number of halogens is 3. The zero-order valence-corrected chi connectivity index (χ0v) is 21.3. The van der Waals surface area contributed by atoms with Gasteiger partial charge in [-0.2, -0.15) is 13.2 Å². The van der Waals surface area contributed by atoms with E-state index in [4.69, 9.17) is 0 Å². The lowest BCUT2D eigenvalue weighted by molar-refractivity contribution is -0.643. The van der Waals surface area contributed by atoms with Crippen molar-refractivity contribution in [3.8, 4) is 0 Å². The van der Waals surface area contributed by atoms with Crippen LogP contribution in [0.4, 0.5) is 13.2 Å². The summed E-state index contributed by atoms with van der Waals surface area (Å²) >= 11 is 0. The zero-order valence-electron chi connectivity index (χ0n) is 21.3. The molecule has 1 fully saturated rings. The van der Waals surface area contributed by atoms with Crippen molar-refractivity contribution in [2.45, 2.75) is 44.7 Å². The van der Waals surface area contributed by atoms with Gasteiger partial charge in [0.05, 0.1) is 32.9 Å². The van der Waals surface area contributed by atoms with Crippen molar-refractivity contribution in [3.63, 3.8) is 0 Å². The van der Waals surface area contributed by atoms with Crippen molar-refractivity contribution in [2.75, 3.05) is 0 Å². The van der Waals surface area contributed by atoms with Crippen LogP contribution in [-0.2, 0) is 13.2 Å². The van der Waals surface area contributed by atoms with Crippen molar-refractivity contribution in [3.05, 3.63) is 83.6 Å². The monoisotopic (exact) mass is 507 g/mol. The first-order valence-corrected chi connectivity index (χ1v) is 13.4. The number of pyridine rings is 2. The zero-order chi connectivity index (χ0) is 25.9. The number of aromatic nitrogens is 2. The largest absolute Gasteiger partial charge is 0.417 e. The third-order valence-electron chi connectivity index (χ3n) is 9.05. The number of aryl methyl sites for hydroxylation is 2. The second-order valence-corrected chi connectivity index (χ2v) is 11.0. The Morgan fingerprint density at radius 2 is 1.50 bits per heavy atom. The Morgan fingerprint density at radius 1 is 0.816 bits per heavy atom. The highest BCUT2D eigenvalue weighted by Gasteiger charge is 2.38. The van der Waals surface area contributed by atoms with Gasteiger partial charge in [-0.15, -0.1) is 0 Å². The normalized spacial score (nSPS) is 15.5. The van der Waals surface area contributed by atoms with E-state index in [0.717, 1.165) is 40.2 Å². The molecule has 0 spiro atoms. The van der Waals surface area contributed by atoms with E-state index in [1.807, 2.05) is 43.6 Å². The van der Waals surface area contributed by atoms with Crippen LogP contribution in [0.25, 0.3) is 59.8 Å². The number of alkyl halides is 3. The molecule has 0 unspecified atom stereocenters. The molecule has 8 rings (SSSR count). The van der Waals surface area contributed by atoms with Crippen LogP contribution < -0.4 is 4.57 Å². The Bertz CT molecular complexity index is 2090.